The van der Waals surface area contributed by atoms with Crippen LogP contribution in [0.5, 0.6) is 0 Å². The van der Waals surface area contributed by atoms with Gasteiger partial charge in [0.25, 0.3) is 0 Å². The molecule has 3 aliphatic carbocycles. The Morgan fingerprint density at radius 1 is 1.02 bits per heavy atom. The first-order chi connectivity index (χ1) is 21.3. The third-order valence-electron chi connectivity index (χ3n) is 10.9. The highest BCUT2D eigenvalue weighted by Crippen LogP contribution is 2.71. The molecular formula is C34H36O11. The van der Waals surface area contributed by atoms with Crippen LogP contribution in [0.15, 0.2) is 84.5 Å². The summed E-state index contributed by atoms with van der Waals surface area (Å²) in [7, 11) is 0. The number of Topliss-reactive ketones (excluding diaryl/α,β-unsaturated/α-hetero) is 1. The lowest BCUT2D eigenvalue weighted by atomic mass is 9.52. The molecule has 0 amide bonds. The van der Waals surface area contributed by atoms with E-state index >= 15 is 0 Å². The van der Waals surface area contributed by atoms with Crippen LogP contribution in [0.3, 0.4) is 0 Å². The van der Waals surface area contributed by atoms with Gasteiger partial charge < -0.3 is 44.5 Å². The number of benzene rings is 2. The van der Waals surface area contributed by atoms with Crippen molar-refractivity contribution in [3.63, 3.8) is 0 Å². The standard InChI is InChI=1S/C34H36O11/c1-17(2)32-26(42-28(38)20-11-7-5-8-12-20)19(4)33-22-15-18(3)24(36)31(22,41)29(39)30(40,16-35)25(37)23(33)27(32)43-34(44-32,45-33)21-13-9-6-10-14-21/h5-15,19,22-23,25-27,29,35,37,39-41H,1,16H2,2-4H3/t19-,22-,23+,25-,26+,27-,29+,30+,31+,32+,33-,34+/m0/s1. The SMILES string of the molecule is C=C(C)[C@]12O[C@@]3(c4ccccc4)O[C@H]1[C@H]1[C@H](O)[C@](O)(CO)[C@@H](O)[C@]4(O)C(=O)C(C)=C[C@@H]4[C@@]1(O3)[C@@H](C)[C@H]2OC(=O)c1ccccc1. The van der Waals surface area contributed by atoms with Crippen LogP contribution in [-0.2, 0) is 29.7 Å². The summed E-state index contributed by atoms with van der Waals surface area (Å²) >= 11 is 0. The minimum Gasteiger partial charge on any atom is -0.455 e. The van der Waals surface area contributed by atoms with Crippen LogP contribution in [0.4, 0.5) is 0 Å². The molecule has 2 saturated heterocycles. The summed E-state index contributed by atoms with van der Waals surface area (Å²) in [5, 5.41) is 58.3. The predicted molar refractivity (Wildman–Crippen MR) is 155 cm³/mol. The van der Waals surface area contributed by atoms with Gasteiger partial charge in [0.05, 0.1) is 23.9 Å². The van der Waals surface area contributed by atoms with Gasteiger partial charge in [-0.1, -0.05) is 68.1 Å². The van der Waals surface area contributed by atoms with E-state index in [2.05, 4.69) is 6.58 Å². The lowest BCUT2D eigenvalue weighted by Gasteiger charge is -2.62. The van der Waals surface area contributed by atoms with Crippen LogP contribution in [0.25, 0.3) is 0 Å². The van der Waals surface area contributed by atoms with E-state index in [-0.39, 0.29) is 11.1 Å². The van der Waals surface area contributed by atoms with Gasteiger partial charge in [-0.25, -0.2) is 4.79 Å². The molecule has 0 spiro atoms. The second kappa shape index (κ2) is 9.63. The summed E-state index contributed by atoms with van der Waals surface area (Å²) < 4.78 is 26.7. The maximum atomic E-state index is 13.8. The number of ether oxygens (including phenoxy) is 4. The second-order valence-corrected chi connectivity index (χ2v) is 13.1. The van der Waals surface area contributed by atoms with Crippen LogP contribution in [0.2, 0.25) is 0 Å². The molecule has 12 atom stereocenters. The summed E-state index contributed by atoms with van der Waals surface area (Å²) in [5.74, 6) is -7.44. The lowest BCUT2D eigenvalue weighted by molar-refractivity contribution is -0.443. The summed E-state index contributed by atoms with van der Waals surface area (Å²) in [6, 6.07) is 16.9. The maximum absolute atomic E-state index is 13.8. The van der Waals surface area contributed by atoms with E-state index in [0.29, 0.717) is 11.1 Å². The third-order valence-corrected chi connectivity index (χ3v) is 10.9. The Bertz CT molecular complexity index is 1610. The second-order valence-electron chi connectivity index (χ2n) is 13.1. The van der Waals surface area contributed by atoms with E-state index in [4.69, 9.17) is 18.9 Å². The Labute approximate surface area is 259 Å². The van der Waals surface area contributed by atoms with E-state index in [1.54, 1.807) is 74.5 Å². The Kier molecular flexibility index (Phi) is 6.50. The van der Waals surface area contributed by atoms with E-state index in [1.165, 1.54) is 13.0 Å². The summed E-state index contributed by atoms with van der Waals surface area (Å²) in [6.07, 6.45) is -5.49. The fourth-order valence-electron chi connectivity index (χ4n) is 8.73. The lowest BCUT2D eigenvalue weighted by Crippen LogP contribution is -2.77. The third kappa shape index (κ3) is 3.47. The number of esters is 1. The number of ketones is 1. The fraction of sp³-hybridized carbons (Fsp3) is 0.471. The van der Waals surface area contributed by atoms with Crippen LogP contribution in [-0.4, -0.2) is 90.7 Å². The predicted octanol–water partition coefficient (Wildman–Crippen LogP) is 1.12. The van der Waals surface area contributed by atoms with E-state index < -0.39 is 88.9 Å². The van der Waals surface area contributed by atoms with Crippen molar-refractivity contribution < 1.29 is 54.1 Å². The van der Waals surface area contributed by atoms with Gasteiger partial charge in [0.1, 0.15) is 23.9 Å². The highest BCUT2D eigenvalue weighted by atomic mass is 16.9. The quantitative estimate of drug-likeness (QED) is 0.240. The monoisotopic (exact) mass is 620 g/mol. The van der Waals surface area contributed by atoms with Crippen LogP contribution < -0.4 is 0 Å². The van der Waals surface area contributed by atoms with Crippen molar-refractivity contribution in [3.8, 4) is 0 Å². The van der Waals surface area contributed by atoms with Crippen molar-refractivity contribution in [3.05, 3.63) is 95.6 Å². The minimum absolute atomic E-state index is 0.0743. The molecule has 0 unspecified atom stereocenters. The molecule has 0 aromatic heterocycles. The van der Waals surface area contributed by atoms with Gasteiger partial charge >= 0.3 is 11.9 Å². The summed E-state index contributed by atoms with van der Waals surface area (Å²) in [6.45, 7) is 7.77. The van der Waals surface area contributed by atoms with Gasteiger partial charge in [0.15, 0.2) is 17.0 Å². The van der Waals surface area contributed by atoms with Crippen LogP contribution >= 0.6 is 0 Å². The van der Waals surface area contributed by atoms with Gasteiger partial charge in [0, 0.05) is 23.3 Å². The molecule has 7 rings (SSSR count). The molecule has 5 aliphatic rings. The number of rotatable bonds is 5. The fourth-order valence-corrected chi connectivity index (χ4v) is 8.73. The largest absolute Gasteiger partial charge is 0.455 e. The highest BCUT2D eigenvalue weighted by molar-refractivity contribution is 6.05. The molecule has 11 heteroatoms. The number of aliphatic hydroxyl groups is 5. The Hall–Kier alpha value is -3.26. The van der Waals surface area contributed by atoms with Gasteiger partial charge in [-0.3, -0.25) is 4.79 Å². The average Bonchev–Trinajstić information content (AvgIpc) is 3.43. The molecule has 2 aromatic rings. The molecule has 238 valence electrons. The molecule has 2 aromatic carbocycles. The molecule has 45 heavy (non-hydrogen) atoms. The van der Waals surface area contributed by atoms with Gasteiger partial charge in [-0.15, -0.1) is 0 Å². The first kappa shape index (κ1) is 30.4. The number of carbonyl (C=O) groups is 2. The molecule has 3 bridgehead atoms. The maximum Gasteiger partial charge on any atom is 0.338 e. The van der Waals surface area contributed by atoms with Crippen LogP contribution in [0, 0.1) is 17.8 Å². The summed E-state index contributed by atoms with van der Waals surface area (Å²) in [5.41, 5.74) is -8.14. The molecule has 2 aliphatic heterocycles. The van der Waals surface area contributed by atoms with Crippen molar-refractivity contribution in [2.75, 3.05) is 6.61 Å². The molecule has 5 N–H and O–H groups in total. The van der Waals surface area contributed by atoms with Crippen molar-refractivity contribution in [2.24, 2.45) is 17.8 Å². The van der Waals surface area contributed by atoms with E-state index in [9.17, 15) is 35.1 Å². The number of hydrogen-bond donors (Lipinski definition) is 5. The topological polar surface area (TPSA) is 172 Å². The van der Waals surface area contributed by atoms with E-state index in [1.807, 2.05) is 0 Å². The molecule has 4 fully saturated rings. The van der Waals surface area contributed by atoms with Crippen molar-refractivity contribution in [2.45, 2.75) is 73.6 Å². The molecule has 0 radical (unpaired) electrons. The van der Waals surface area contributed by atoms with Crippen molar-refractivity contribution in [1.82, 2.24) is 0 Å². The number of fused-ring (bicyclic) bond motifs is 2. The zero-order valence-corrected chi connectivity index (χ0v) is 25.0. The average molecular weight is 621 g/mol. The summed E-state index contributed by atoms with van der Waals surface area (Å²) in [4.78, 5) is 27.5. The van der Waals surface area contributed by atoms with Crippen molar-refractivity contribution in [1.29, 1.82) is 0 Å². The Morgan fingerprint density at radius 2 is 1.64 bits per heavy atom. The molecule has 11 nitrogen and oxygen atoms in total. The molecule has 2 saturated carbocycles. The number of carbonyl (C=O) groups excluding carboxylic acids is 2. The first-order valence-corrected chi connectivity index (χ1v) is 15.0. The number of aliphatic hydroxyl groups excluding tert-OH is 3. The van der Waals surface area contributed by atoms with Crippen LogP contribution in [0.1, 0.15) is 36.7 Å². The first-order valence-electron chi connectivity index (χ1n) is 15.0. The zero-order valence-electron chi connectivity index (χ0n) is 25.0. The smallest absolute Gasteiger partial charge is 0.338 e. The van der Waals surface area contributed by atoms with Gasteiger partial charge in [0.2, 0.25) is 0 Å². The number of hydrogen-bond acceptors (Lipinski definition) is 11. The van der Waals surface area contributed by atoms with Gasteiger partial charge in [-0.2, -0.15) is 0 Å². The molecule has 2 heterocycles. The minimum atomic E-state index is -2.82. The Balaban J connectivity index is 1.54. The normalized spacial score (nSPS) is 46.2. The Morgan fingerprint density at radius 3 is 2.24 bits per heavy atom. The van der Waals surface area contributed by atoms with Gasteiger partial charge in [-0.05, 0) is 37.1 Å². The molecular weight excluding hydrogens is 584 g/mol. The highest BCUT2D eigenvalue weighted by Gasteiger charge is 2.87. The zero-order chi connectivity index (χ0) is 32.3. The van der Waals surface area contributed by atoms with E-state index in [0.717, 1.165) is 0 Å². The van der Waals surface area contributed by atoms with Crippen molar-refractivity contribution >= 4 is 11.8 Å².